The molecule has 2 aromatic heterocycles. The van der Waals surface area contributed by atoms with Crippen LogP contribution in [0.4, 0.5) is 14.6 Å². The Kier molecular flexibility index (Phi) is 3.61. The molecular weight excluding hydrogens is 290 g/mol. The van der Waals surface area contributed by atoms with Gasteiger partial charge in [-0.05, 0) is 12.1 Å². The van der Waals surface area contributed by atoms with Crippen molar-refractivity contribution < 1.29 is 13.5 Å². The number of benzene rings is 1. The van der Waals surface area contributed by atoms with E-state index in [4.69, 9.17) is 10.5 Å². The first-order valence-corrected chi connectivity index (χ1v) is 6.28. The predicted molar refractivity (Wildman–Crippen MR) is 76.1 cm³/mol. The maximum Gasteiger partial charge on any atom is 0.321 e. The van der Waals surface area contributed by atoms with Crippen LogP contribution in [0.15, 0.2) is 48.9 Å². The minimum Gasteiger partial charge on any atom is -0.424 e. The van der Waals surface area contributed by atoms with Crippen LogP contribution in [0.3, 0.4) is 0 Å². The molecule has 110 valence electrons. The maximum atomic E-state index is 13.1. The molecule has 2 heterocycles. The quantitative estimate of drug-likeness (QED) is 0.804. The number of nitrogens with two attached hydrogens (primary N) is 1. The van der Waals surface area contributed by atoms with Crippen molar-refractivity contribution in [1.82, 2.24) is 15.0 Å². The van der Waals surface area contributed by atoms with Crippen LogP contribution in [0.1, 0.15) is 0 Å². The van der Waals surface area contributed by atoms with Crippen LogP contribution in [0.5, 0.6) is 11.8 Å². The van der Waals surface area contributed by atoms with Crippen molar-refractivity contribution in [3.8, 4) is 22.9 Å². The minimum atomic E-state index is -0.737. The third kappa shape index (κ3) is 3.14. The first-order valence-electron chi connectivity index (χ1n) is 6.28. The summed E-state index contributed by atoms with van der Waals surface area (Å²) < 4.78 is 31.4. The summed E-state index contributed by atoms with van der Waals surface area (Å²) in [5.41, 5.74) is 7.02. The molecule has 0 radical (unpaired) electrons. The molecule has 2 N–H and O–H groups in total. The van der Waals surface area contributed by atoms with Gasteiger partial charge in [0.1, 0.15) is 23.2 Å². The number of rotatable bonds is 3. The standard InChI is InChI=1S/C15H10F2N4O/c16-11-3-12(17)5-13(4-11)22-15-20-7-10(8-21-15)9-1-2-14(18)19-6-9/h1-8H,(H2,18,19). The number of nitrogens with zero attached hydrogens (tertiary/aromatic N) is 3. The molecule has 0 aliphatic rings. The topological polar surface area (TPSA) is 73.9 Å². The average molecular weight is 300 g/mol. The van der Waals surface area contributed by atoms with Crippen molar-refractivity contribution in [3.63, 3.8) is 0 Å². The maximum absolute atomic E-state index is 13.1. The van der Waals surface area contributed by atoms with E-state index < -0.39 is 11.6 Å². The van der Waals surface area contributed by atoms with E-state index in [0.717, 1.165) is 23.8 Å². The van der Waals surface area contributed by atoms with Gasteiger partial charge in [0.2, 0.25) is 0 Å². The molecule has 0 aliphatic carbocycles. The van der Waals surface area contributed by atoms with E-state index in [1.807, 2.05) is 0 Å². The normalized spacial score (nSPS) is 10.5. The zero-order valence-corrected chi connectivity index (χ0v) is 11.2. The number of anilines is 1. The Labute approximate surface area is 124 Å². The van der Waals surface area contributed by atoms with Gasteiger partial charge in [-0.15, -0.1) is 0 Å². The Morgan fingerprint density at radius 1 is 0.818 bits per heavy atom. The Hall–Kier alpha value is -3.09. The number of halogens is 2. The van der Waals surface area contributed by atoms with Gasteiger partial charge in [-0.25, -0.2) is 23.7 Å². The molecule has 0 fully saturated rings. The van der Waals surface area contributed by atoms with Crippen LogP contribution >= 0.6 is 0 Å². The van der Waals surface area contributed by atoms with Gasteiger partial charge in [-0.3, -0.25) is 0 Å². The van der Waals surface area contributed by atoms with Crippen molar-refractivity contribution in [3.05, 3.63) is 60.6 Å². The van der Waals surface area contributed by atoms with Gasteiger partial charge in [0.05, 0.1) is 0 Å². The minimum absolute atomic E-state index is 0.0144. The second-order valence-electron chi connectivity index (χ2n) is 4.43. The van der Waals surface area contributed by atoms with Gasteiger partial charge in [0.15, 0.2) is 0 Å². The first-order chi connectivity index (χ1) is 10.6. The molecule has 22 heavy (non-hydrogen) atoms. The molecule has 3 rings (SSSR count). The summed E-state index contributed by atoms with van der Waals surface area (Å²) in [6.45, 7) is 0. The summed E-state index contributed by atoms with van der Waals surface area (Å²) in [5, 5.41) is 0. The average Bonchev–Trinajstić information content (AvgIpc) is 2.48. The van der Waals surface area contributed by atoms with E-state index in [2.05, 4.69) is 15.0 Å². The van der Waals surface area contributed by atoms with Gasteiger partial charge in [0.25, 0.3) is 0 Å². The Balaban J connectivity index is 1.80. The van der Waals surface area contributed by atoms with Gasteiger partial charge in [0, 0.05) is 47.9 Å². The number of pyridine rings is 1. The molecule has 5 nitrogen and oxygen atoms in total. The lowest BCUT2D eigenvalue weighted by atomic mass is 10.1. The molecule has 0 amide bonds. The van der Waals surface area contributed by atoms with E-state index in [0.29, 0.717) is 11.4 Å². The van der Waals surface area contributed by atoms with Crippen LogP contribution in [0, 0.1) is 11.6 Å². The molecule has 1 aromatic carbocycles. The summed E-state index contributed by atoms with van der Waals surface area (Å²) >= 11 is 0. The van der Waals surface area contributed by atoms with E-state index >= 15 is 0 Å². The summed E-state index contributed by atoms with van der Waals surface area (Å²) in [4.78, 5) is 12.0. The molecule has 0 spiro atoms. The largest absolute Gasteiger partial charge is 0.424 e. The van der Waals surface area contributed by atoms with Crippen molar-refractivity contribution >= 4 is 5.82 Å². The third-order valence-corrected chi connectivity index (χ3v) is 2.79. The van der Waals surface area contributed by atoms with Gasteiger partial charge in [-0.1, -0.05) is 0 Å². The zero-order chi connectivity index (χ0) is 15.5. The lowest BCUT2D eigenvalue weighted by Gasteiger charge is -2.05. The lowest BCUT2D eigenvalue weighted by molar-refractivity contribution is 0.432. The number of nitrogen functional groups attached to an aromatic ring is 1. The van der Waals surface area contributed by atoms with E-state index in [-0.39, 0.29) is 11.8 Å². The van der Waals surface area contributed by atoms with E-state index in [1.54, 1.807) is 18.3 Å². The Morgan fingerprint density at radius 2 is 1.45 bits per heavy atom. The van der Waals surface area contributed by atoms with Crippen LogP contribution in [-0.4, -0.2) is 15.0 Å². The summed E-state index contributed by atoms with van der Waals surface area (Å²) in [6, 6.07) is 6.27. The highest BCUT2D eigenvalue weighted by molar-refractivity contribution is 5.61. The molecule has 0 aliphatic heterocycles. The van der Waals surface area contributed by atoms with Crippen molar-refractivity contribution in [2.45, 2.75) is 0 Å². The summed E-state index contributed by atoms with van der Waals surface area (Å²) in [7, 11) is 0. The fraction of sp³-hybridized carbons (Fsp3) is 0. The molecule has 0 bridgehead atoms. The van der Waals surface area contributed by atoms with Crippen LogP contribution < -0.4 is 10.5 Å². The molecule has 0 saturated heterocycles. The lowest BCUT2D eigenvalue weighted by Crippen LogP contribution is -1.94. The Bertz CT molecular complexity index is 771. The van der Waals surface area contributed by atoms with Gasteiger partial charge in [-0.2, -0.15) is 0 Å². The zero-order valence-electron chi connectivity index (χ0n) is 11.2. The molecule has 0 unspecified atom stereocenters. The second kappa shape index (κ2) is 5.72. The highest BCUT2D eigenvalue weighted by atomic mass is 19.1. The van der Waals surface area contributed by atoms with Crippen LogP contribution in [0.2, 0.25) is 0 Å². The summed E-state index contributed by atoms with van der Waals surface area (Å²) in [6.07, 6.45) is 4.63. The number of ether oxygens (including phenoxy) is 1. The van der Waals surface area contributed by atoms with Crippen LogP contribution in [-0.2, 0) is 0 Å². The van der Waals surface area contributed by atoms with E-state index in [9.17, 15) is 8.78 Å². The fourth-order valence-corrected chi connectivity index (χ4v) is 1.79. The molecule has 0 saturated carbocycles. The monoisotopic (exact) mass is 300 g/mol. The van der Waals surface area contributed by atoms with Gasteiger partial charge >= 0.3 is 6.01 Å². The smallest absolute Gasteiger partial charge is 0.321 e. The number of hydrogen-bond acceptors (Lipinski definition) is 5. The SMILES string of the molecule is Nc1ccc(-c2cnc(Oc3cc(F)cc(F)c3)nc2)cn1. The van der Waals surface area contributed by atoms with Gasteiger partial charge < -0.3 is 10.5 Å². The van der Waals surface area contributed by atoms with Crippen molar-refractivity contribution in [1.29, 1.82) is 0 Å². The Morgan fingerprint density at radius 3 is 2.05 bits per heavy atom. The van der Waals surface area contributed by atoms with Crippen molar-refractivity contribution in [2.24, 2.45) is 0 Å². The van der Waals surface area contributed by atoms with Crippen LogP contribution in [0.25, 0.3) is 11.1 Å². The number of hydrogen-bond donors (Lipinski definition) is 1. The number of aromatic nitrogens is 3. The molecule has 3 aromatic rings. The summed E-state index contributed by atoms with van der Waals surface area (Å²) in [5.74, 6) is -1.07. The highest BCUT2D eigenvalue weighted by Crippen LogP contribution is 2.22. The van der Waals surface area contributed by atoms with E-state index in [1.165, 1.54) is 12.4 Å². The molecule has 0 atom stereocenters. The fourth-order valence-electron chi connectivity index (χ4n) is 1.79. The second-order valence-corrected chi connectivity index (χ2v) is 4.43. The third-order valence-electron chi connectivity index (χ3n) is 2.79. The van der Waals surface area contributed by atoms with Crippen molar-refractivity contribution in [2.75, 3.05) is 5.73 Å². The molecule has 7 heteroatoms. The predicted octanol–water partition coefficient (Wildman–Crippen LogP) is 3.19. The first kappa shape index (κ1) is 13.9. The highest BCUT2D eigenvalue weighted by Gasteiger charge is 2.06. The molecular formula is C15H10F2N4O.